The van der Waals surface area contributed by atoms with Crippen molar-refractivity contribution in [3.8, 4) is 23.0 Å². The lowest BCUT2D eigenvalue weighted by Gasteiger charge is -2.23. The Morgan fingerprint density at radius 3 is 2.83 bits per heavy atom. The third-order valence-corrected chi connectivity index (χ3v) is 5.61. The number of methoxy groups -OCH3 is 2. The van der Waals surface area contributed by atoms with E-state index in [0.717, 1.165) is 53.5 Å². The SMILES string of the molecule is COc1ccc(OC)c([C@H]2CCC[NH+]2CC(=O)NCc2ccc3c(c2)OCO3)c1. The van der Waals surface area contributed by atoms with Crippen molar-refractivity contribution in [3.63, 3.8) is 0 Å². The molecule has 1 saturated heterocycles. The zero-order valence-electron chi connectivity index (χ0n) is 16.8. The number of quaternary nitrogens is 1. The van der Waals surface area contributed by atoms with Crippen molar-refractivity contribution < 1.29 is 28.6 Å². The molecule has 1 unspecified atom stereocenters. The second-order valence-corrected chi connectivity index (χ2v) is 7.35. The molecule has 4 rings (SSSR count). The highest BCUT2D eigenvalue weighted by Crippen LogP contribution is 2.33. The molecule has 2 heterocycles. The van der Waals surface area contributed by atoms with Crippen LogP contribution in [-0.4, -0.2) is 40.0 Å². The first-order chi connectivity index (χ1) is 14.2. The number of carbonyl (C=O) groups is 1. The molecule has 0 bridgehead atoms. The van der Waals surface area contributed by atoms with Gasteiger partial charge in [-0.15, -0.1) is 0 Å². The summed E-state index contributed by atoms with van der Waals surface area (Å²) in [7, 11) is 3.34. The van der Waals surface area contributed by atoms with Crippen LogP contribution in [0.15, 0.2) is 36.4 Å². The first kappa shape index (κ1) is 19.4. The van der Waals surface area contributed by atoms with Crippen LogP contribution >= 0.6 is 0 Å². The molecular formula is C22H27N2O5+. The summed E-state index contributed by atoms with van der Waals surface area (Å²) in [5, 5.41) is 3.03. The average molecular weight is 399 g/mol. The molecule has 1 amide bonds. The number of hydrogen-bond acceptors (Lipinski definition) is 5. The fourth-order valence-corrected chi connectivity index (χ4v) is 4.13. The summed E-state index contributed by atoms with van der Waals surface area (Å²) in [6, 6.07) is 11.8. The van der Waals surface area contributed by atoms with Gasteiger partial charge in [-0.25, -0.2) is 0 Å². The summed E-state index contributed by atoms with van der Waals surface area (Å²) >= 11 is 0. The number of likely N-dealkylation sites (tertiary alicyclic amines) is 1. The van der Waals surface area contributed by atoms with E-state index in [9.17, 15) is 4.79 Å². The summed E-state index contributed by atoms with van der Waals surface area (Å²) in [5.41, 5.74) is 2.09. The van der Waals surface area contributed by atoms with Gasteiger partial charge in [0, 0.05) is 19.4 Å². The van der Waals surface area contributed by atoms with Crippen LogP contribution < -0.4 is 29.2 Å². The summed E-state index contributed by atoms with van der Waals surface area (Å²) in [4.78, 5) is 13.9. The Morgan fingerprint density at radius 2 is 2.00 bits per heavy atom. The third-order valence-electron chi connectivity index (χ3n) is 5.61. The standard InChI is InChI=1S/C22H26N2O5/c1-26-16-6-8-19(27-2)17(11-16)18-4-3-9-24(18)13-22(25)23-12-15-5-7-20-21(10-15)29-14-28-20/h5-8,10-11,18H,3-4,9,12-14H2,1-2H3,(H,23,25)/p+1/t18-/m1/s1. The Balaban J connectivity index is 1.39. The minimum Gasteiger partial charge on any atom is -0.497 e. The number of amides is 1. The molecule has 0 aromatic heterocycles. The highest BCUT2D eigenvalue weighted by atomic mass is 16.7. The molecule has 7 heteroatoms. The molecule has 2 N–H and O–H groups in total. The molecule has 0 spiro atoms. The number of carbonyl (C=O) groups excluding carboxylic acids is 1. The van der Waals surface area contributed by atoms with Crippen LogP contribution in [-0.2, 0) is 11.3 Å². The minimum atomic E-state index is 0.0337. The first-order valence-electron chi connectivity index (χ1n) is 9.89. The zero-order valence-corrected chi connectivity index (χ0v) is 16.8. The smallest absolute Gasteiger partial charge is 0.275 e. The Labute approximate surface area is 170 Å². The molecule has 29 heavy (non-hydrogen) atoms. The largest absolute Gasteiger partial charge is 0.497 e. The van der Waals surface area contributed by atoms with Crippen LogP contribution in [0.1, 0.15) is 30.0 Å². The molecular weight excluding hydrogens is 372 g/mol. The predicted octanol–water partition coefficient (Wildman–Crippen LogP) is 1.47. The minimum absolute atomic E-state index is 0.0337. The number of rotatable bonds is 7. The molecule has 2 atom stereocenters. The number of hydrogen-bond donors (Lipinski definition) is 2. The molecule has 2 aromatic carbocycles. The van der Waals surface area contributed by atoms with Crippen molar-refractivity contribution in [2.45, 2.75) is 25.4 Å². The molecule has 2 aliphatic rings. The highest BCUT2D eigenvalue weighted by Gasteiger charge is 2.34. The first-order valence-corrected chi connectivity index (χ1v) is 9.89. The summed E-state index contributed by atoms with van der Waals surface area (Å²) in [6.07, 6.45) is 2.10. The summed E-state index contributed by atoms with van der Waals surface area (Å²) in [5.74, 6) is 3.16. The second-order valence-electron chi connectivity index (χ2n) is 7.35. The van der Waals surface area contributed by atoms with Crippen molar-refractivity contribution >= 4 is 5.91 Å². The van der Waals surface area contributed by atoms with E-state index in [1.54, 1.807) is 14.2 Å². The Kier molecular flexibility index (Phi) is 5.76. The second kappa shape index (κ2) is 8.61. The number of benzene rings is 2. The van der Waals surface area contributed by atoms with E-state index >= 15 is 0 Å². The van der Waals surface area contributed by atoms with Gasteiger partial charge in [-0.05, 0) is 35.9 Å². The molecule has 0 saturated carbocycles. The van der Waals surface area contributed by atoms with E-state index in [-0.39, 0.29) is 18.7 Å². The van der Waals surface area contributed by atoms with Gasteiger partial charge in [0.2, 0.25) is 6.79 Å². The van der Waals surface area contributed by atoms with Gasteiger partial charge < -0.3 is 29.2 Å². The molecule has 2 aliphatic heterocycles. The van der Waals surface area contributed by atoms with Crippen molar-refractivity contribution in [3.05, 3.63) is 47.5 Å². The number of ether oxygens (including phenoxy) is 4. The van der Waals surface area contributed by atoms with E-state index in [0.29, 0.717) is 13.1 Å². The molecule has 154 valence electrons. The van der Waals surface area contributed by atoms with Crippen LogP contribution in [0.25, 0.3) is 0 Å². The normalized spacial score (nSPS) is 19.8. The Morgan fingerprint density at radius 1 is 1.14 bits per heavy atom. The van der Waals surface area contributed by atoms with Gasteiger partial charge >= 0.3 is 0 Å². The molecule has 0 radical (unpaired) electrons. The quantitative estimate of drug-likeness (QED) is 0.738. The van der Waals surface area contributed by atoms with Crippen LogP contribution in [0.3, 0.4) is 0 Å². The Hall–Kier alpha value is -2.93. The van der Waals surface area contributed by atoms with Gasteiger partial charge in [-0.2, -0.15) is 0 Å². The third kappa shape index (κ3) is 4.24. The fourth-order valence-electron chi connectivity index (χ4n) is 4.13. The van der Waals surface area contributed by atoms with E-state index in [4.69, 9.17) is 18.9 Å². The average Bonchev–Trinajstić information content (AvgIpc) is 3.40. The predicted molar refractivity (Wildman–Crippen MR) is 107 cm³/mol. The monoisotopic (exact) mass is 399 g/mol. The van der Waals surface area contributed by atoms with Gasteiger partial charge in [0.05, 0.1) is 26.3 Å². The fraction of sp³-hybridized carbons (Fsp3) is 0.409. The van der Waals surface area contributed by atoms with Crippen molar-refractivity contribution in [1.29, 1.82) is 0 Å². The van der Waals surface area contributed by atoms with Gasteiger partial charge in [0.1, 0.15) is 17.5 Å². The molecule has 2 aromatic rings. The summed E-state index contributed by atoms with van der Waals surface area (Å²) < 4.78 is 21.7. The lowest BCUT2D eigenvalue weighted by molar-refractivity contribution is -0.910. The summed E-state index contributed by atoms with van der Waals surface area (Å²) in [6.45, 7) is 2.10. The van der Waals surface area contributed by atoms with Crippen LogP contribution in [0.2, 0.25) is 0 Å². The van der Waals surface area contributed by atoms with Gasteiger partial charge in [-0.3, -0.25) is 4.79 Å². The van der Waals surface area contributed by atoms with E-state index in [1.807, 2.05) is 36.4 Å². The number of nitrogens with one attached hydrogen (secondary N) is 2. The van der Waals surface area contributed by atoms with E-state index < -0.39 is 0 Å². The maximum absolute atomic E-state index is 12.6. The van der Waals surface area contributed by atoms with Crippen molar-refractivity contribution in [2.75, 3.05) is 34.1 Å². The number of fused-ring (bicyclic) bond motifs is 1. The topological polar surface area (TPSA) is 70.5 Å². The van der Waals surface area contributed by atoms with Crippen LogP contribution in [0.5, 0.6) is 23.0 Å². The maximum atomic E-state index is 12.6. The van der Waals surface area contributed by atoms with E-state index in [1.165, 1.54) is 4.90 Å². The van der Waals surface area contributed by atoms with Gasteiger partial charge in [-0.1, -0.05) is 6.07 Å². The molecule has 7 nitrogen and oxygen atoms in total. The van der Waals surface area contributed by atoms with Crippen molar-refractivity contribution in [2.24, 2.45) is 0 Å². The van der Waals surface area contributed by atoms with Gasteiger partial charge in [0.15, 0.2) is 18.0 Å². The Bertz CT molecular complexity index is 886. The van der Waals surface area contributed by atoms with E-state index in [2.05, 4.69) is 5.32 Å². The van der Waals surface area contributed by atoms with Crippen LogP contribution in [0.4, 0.5) is 0 Å². The van der Waals surface area contributed by atoms with Crippen LogP contribution in [0, 0.1) is 0 Å². The zero-order chi connectivity index (χ0) is 20.2. The lowest BCUT2D eigenvalue weighted by atomic mass is 10.0. The van der Waals surface area contributed by atoms with Gasteiger partial charge in [0.25, 0.3) is 5.91 Å². The highest BCUT2D eigenvalue weighted by molar-refractivity contribution is 5.76. The van der Waals surface area contributed by atoms with Crippen molar-refractivity contribution in [1.82, 2.24) is 5.32 Å². The lowest BCUT2D eigenvalue weighted by Crippen LogP contribution is -3.11. The maximum Gasteiger partial charge on any atom is 0.275 e. The molecule has 0 aliphatic carbocycles. The molecule has 1 fully saturated rings.